The van der Waals surface area contributed by atoms with Crippen LogP contribution in [0.1, 0.15) is 26.7 Å². The Bertz CT molecular complexity index is 131. The highest BCUT2D eigenvalue weighted by Gasteiger charge is 1.56. The van der Waals surface area contributed by atoms with Crippen molar-refractivity contribution < 1.29 is 14.4 Å². The second-order valence-electron chi connectivity index (χ2n) is 1.31. The van der Waals surface area contributed by atoms with Crippen molar-refractivity contribution in [3.05, 3.63) is 0 Å². The number of carbonyl (C=O) groups excluding carboxylic acids is 3. The van der Waals surface area contributed by atoms with Crippen molar-refractivity contribution in [3.63, 3.8) is 0 Å². The van der Waals surface area contributed by atoms with Crippen molar-refractivity contribution in [1.29, 1.82) is 16.2 Å². The summed E-state index contributed by atoms with van der Waals surface area (Å²) in [5, 5.41) is 16.2. The molecule has 3 N–H and O–H groups in total. The molecule has 0 atom stereocenters. The van der Waals surface area contributed by atoms with Gasteiger partial charge in [0.05, 0.1) is 0 Å². The first-order valence-corrected chi connectivity index (χ1v) is 3.28. The molecule has 0 aliphatic rings. The van der Waals surface area contributed by atoms with E-state index < -0.39 is 0 Å². The Morgan fingerprint density at radius 3 is 0.846 bits per heavy atom. The molecule has 6 nitrogen and oxygen atoms in total. The molecule has 0 radical (unpaired) electrons. The largest absolute Gasteiger partial charge is 0.231 e. The summed E-state index contributed by atoms with van der Waals surface area (Å²) in [7, 11) is 0. The van der Waals surface area contributed by atoms with Gasteiger partial charge in [-0.25, -0.2) is 30.6 Å². The quantitative estimate of drug-likeness (QED) is 0.425. The van der Waals surface area contributed by atoms with Gasteiger partial charge in [0, 0.05) is 0 Å². The maximum atomic E-state index is 8.35. The Morgan fingerprint density at radius 1 is 0.769 bits per heavy atom. The van der Waals surface area contributed by atoms with Gasteiger partial charge in [0.2, 0.25) is 18.2 Å². The highest BCUT2D eigenvalue weighted by Crippen LogP contribution is 1.76. The molecule has 0 aliphatic carbocycles. The predicted octanol–water partition coefficient (Wildman–Crippen LogP) is 1.51. The monoisotopic (exact) mass is 187 g/mol. The number of rotatable bonds is 1. The molecule has 0 aromatic carbocycles. The van der Waals surface area contributed by atoms with E-state index in [0.29, 0.717) is 0 Å². The highest BCUT2D eigenvalue weighted by atomic mass is 16.1. The third-order valence-electron chi connectivity index (χ3n) is 0.500. The SMILES string of the molecule is CCCC.N=C=O.N=C=O.N=C=O. The Labute approximate surface area is 76.5 Å². The molecule has 13 heavy (non-hydrogen) atoms. The molecule has 0 aromatic rings. The fourth-order valence-electron chi connectivity index (χ4n) is 0. The molecule has 74 valence electrons. The van der Waals surface area contributed by atoms with Crippen molar-refractivity contribution in [2.75, 3.05) is 0 Å². The average molecular weight is 187 g/mol. The minimum atomic E-state index is 0.750. The van der Waals surface area contributed by atoms with Gasteiger partial charge in [-0.2, -0.15) is 0 Å². The number of unbranched alkanes of at least 4 members (excludes halogenated alkanes) is 1. The molecule has 0 amide bonds. The van der Waals surface area contributed by atoms with Crippen molar-refractivity contribution in [2.24, 2.45) is 0 Å². The van der Waals surface area contributed by atoms with Crippen LogP contribution in [0, 0.1) is 16.2 Å². The zero-order valence-electron chi connectivity index (χ0n) is 7.64. The maximum absolute atomic E-state index is 8.35. The molecule has 0 unspecified atom stereocenters. The molecule has 0 heterocycles. The maximum Gasteiger partial charge on any atom is 0.231 e. The van der Waals surface area contributed by atoms with E-state index in [4.69, 9.17) is 30.6 Å². The summed E-state index contributed by atoms with van der Waals surface area (Å²) >= 11 is 0. The molecule has 0 spiro atoms. The Morgan fingerprint density at radius 2 is 0.846 bits per heavy atom. The van der Waals surface area contributed by atoms with E-state index in [1.165, 1.54) is 12.8 Å². The van der Waals surface area contributed by atoms with Crippen molar-refractivity contribution in [3.8, 4) is 0 Å². The van der Waals surface area contributed by atoms with Gasteiger partial charge in [-0.3, -0.25) is 0 Å². The average Bonchev–Trinajstić information content (AvgIpc) is 2.08. The number of hydrogen-bond donors (Lipinski definition) is 3. The lowest BCUT2D eigenvalue weighted by Crippen LogP contribution is -1.47. The van der Waals surface area contributed by atoms with E-state index >= 15 is 0 Å². The second kappa shape index (κ2) is 85.9. The van der Waals surface area contributed by atoms with Crippen LogP contribution >= 0.6 is 0 Å². The van der Waals surface area contributed by atoms with Gasteiger partial charge >= 0.3 is 0 Å². The van der Waals surface area contributed by atoms with Crippen LogP contribution in [0.25, 0.3) is 0 Å². The number of hydrogen-bond acceptors (Lipinski definition) is 6. The normalized spacial score (nSPS) is 4.15. The lowest BCUT2D eigenvalue weighted by atomic mass is 10.4. The summed E-state index contributed by atoms with van der Waals surface area (Å²) in [6.07, 6.45) is 4.89. The highest BCUT2D eigenvalue weighted by molar-refractivity contribution is 5.26. The first-order chi connectivity index (χ1) is 6.16. The van der Waals surface area contributed by atoms with Gasteiger partial charge in [0.25, 0.3) is 0 Å². The van der Waals surface area contributed by atoms with E-state index in [1.807, 2.05) is 0 Å². The molecular weight excluding hydrogens is 174 g/mol. The zero-order chi connectivity index (χ0) is 11.5. The first-order valence-electron chi connectivity index (χ1n) is 3.28. The molecule has 0 aliphatic heterocycles. The van der Waals surface area contributed by atoms with Gasteiger partial charge in [0.1, 0.15) is 0 Å². The zero-order valence-corrected chi connectivity index (χ0v) is 7.64. The molecule has 0 rings (SSSR count). The standard InChI is InChI=1S/C4H10.3CHNO/c1-3-4-2;3*2-1-3/h3-4H2,1-2H3;3*2H. The molecular formula is C7H13N3O3. The van der Waals surface area contributed by atoms with Crippen molar-refractivity contribution >= 4 is 18.2 Å². The van der Waals surface area contributed by atoms with Crippen LogP contribution in [-0.2, 0) is 14.4 Å². The molecule has 0 fully saturated rings. The van der Waals surface area contributed by atoms with Crippen LogP contribution in [0.2, 0.25) is 0 Å². The van der Waals surface area contributed by atoms with Crippen LogP contribution in [0.5, 0.6) is 0 Å². The van der Waals surface area contributed by atoms with E-state index in [-0.39, 0.29) is 0 Å². The van der Waals surface area contributed by atoms with Crippen molar-refractivity contribution in [2.45, 2.75) is 26.7 Å². The Kier molecular flexibility index (Phi) is 148. The lowest BCUT2D eigenvalue weighted by molar-refractivity contribution is 0.562. The fourth-order valence-corrected chi connectivity index (χ4v) is 0. The third kappa shape index (κ3) is 908. The van der Waals surface area contributed by atoms with E-state index in [2.05, 4.69) is 13.8 Å². The Balaban J connectivity index is -0.0000000420. The topological polar surface area (TPSA) is 123 Å². The van der Waals surface area contributed by atoms with Gasteiger partial charge in [0.15, 0.2) is 0 Å². The summed E-state index contributed by atoms with van der Waals surface area (Å²) in [5.41, 5.74) is 0. The molecule has 0 saturated heterocycles. The Hall–Kier alpha value is -1.86. The molecule has 0 bridgehead atoms. The smallest absolute Gasteiger partial charge is 0.222 e. The minimum Gasteiger partial charge on any atom is -0.222 e. The van der Waals surface area contributed by atoms with Gasteiger partial charge in [-0.1, -0.05) is 26.7 Å². The first kappa shape index (κ1) is 22.5. The van der Waals surface area contributed by atoms with Crippen LogP contribution in [-0.4, -0.2) is 18.2 Å². The van der Waals surface area contributed by atoms with Gasteiger partial charge in [-0.15, -0.1) is 0 Å². The van der Waals surface area contributed by atoms with Crippen LogP contribution in [0.15, 0.2) is 0 Å². The second-order valence-corrected chi connectivity index (χ2v) is 1.31. The third-order valence-corrected chi connectivity index (χ3v) is 0.500. The van der Waals surface area contributed by atoms with E-state index in [1.54, 1.807) is 0 Å². The minimum absolute atomic E-state index is 0.750. The van der Waals surface area contributed by atoms with Crippen LogP contribution in [0.3, 0.4) is 0 Å². The fraction of sp³-hybridized carbons (Fsp3) is 0.571. The van der Waals surface area contributed by atoms with Crippen LogP contribution in [0.4, 0.5) is 0 Å². The molecule has 0 saturated carbocycles. The van der Waals surface area contributed by atoms with Gasteiger partial charge in [-0.05, 0) is 0 Å². The predicted molar refractivity (Wildman–Crippen MR) is 45.8 cm³/mol. The van der Waals surface area contributed by atoms with Crippen LogP contribution < -0.4 is 0 Å². The molecule has 6 heteroatoms. The summed E-state index contributed by atoms with van der Waals surface area (Å²) < 4.78 is 0. The van der Waals surface area contributed by atoms with E-state index in [0.717, 1.165) is 18.2 Å². The van der Waals surface area contributed by atoms with Crippen molar-refractivity contribution in [1.82, 2.24) is 0 Å². The number of isocyanates is 3. The van der Waals surface area contributed by atoms with Gasteiger partial charge < -0.3 is 0 Å². The summed E-state index contributed by atoms with van der Waals surface area (Å²) in [6.45, 7) is 4.36. The number of nitrogens with one attached hydrogen (secondary N) is 3. The lowest BCUT2D eigenvalue weighted by Gasteiger charge is -1.68. The summed E-state index contributed by atoms with van der Waals surface area (Å²) in [4.78, 5) is 25.0. The summed E-state index contributed by atoms with van der Waals surface area (Å²) in [5.74, 6) is 0. The van der Waals surface area contributed by atoms with E-state index in [9.17, 15) is 0 Å². The summed E-state index contributed by atoms with van der Waals surface area (Å²) in [6, 6.07) is 0. The molecule has 0 aromatic heterocycles.